The molecule has 0 saturated carbocycles. The second kappa shape index (κ2) is 7.72. The maximum absolute atomic E-state index is 13.7. The molecule has 0 bridgehead atoms. The van der Waals surface area contributed by atoms with E-state index in [2.05, 4.69) is 15.0 Å². The molecular formula is C21H19FN4O2. The molecule has 1 amide bonds. The number of pyridine rings is 1. The Bertz CT molecular complexity index is 979. The van der Waals surface area contributed by atoms with Crippen molar-refractivity contribution >= 4 is 5.91 Å². The van der Waals surface area contributed by atoms with Gasteiger partial charge in [0.05, 0.1) is 12.2 Å². The molecule has 0 aliphatic carbocycles. The van der Waals surface area contributed by atoms with Gasteiger partial charge in [0, 0.05) is 31.2 Å². The molecule has 1 atom stereocenters. The maximum atomic E-state index is 13.7. The third-order valence-electron chi connectivity index (χ3n) is 4.76. The summed E-state index contributed by atoms with van der Waals surface area (Å²) in [4.78, 5) is 27.1. The first kappa shape index (κ1) is 18.0. The van der Waals surface area contributed by atoms with Gasteiger partial charge in [-0.3, -0.25) is 9.78 Å². The first-order valence-electron chi connectivity index (χ1n) is 9.00. The average Bonchev–Trinajstić information content (AvgIpc) is 2.73. The third kappa shape index (κ3) is 3.83. The van der Waals surface area contributed by atoms with Crippen LogP contribution < -0.4 is 4.74 Å². The summed E-state index contributed by atoms with van der Waals surface area (Å²) in [7, 11) is 0. The van der Waals surface area contributed by atoms with Crippen molar-refractivity contribution in [2.75, 3.05) is 6.61 Å². The fourth-order valence-corrected chi connectivity index (χ4v) is 3.28. The van der Waals surface area contributed by atoms with Gasteiger partial charge in [0.25, 0.3) is 5.91 Å². The molecule has 0 radical (unpaired) electrons. The van der Waals surface area contributed by atoms with E-state index in [1.54, 1.807) is 23.2 Å². The van der Waals surface area contributed by atoms with Gasteiger partial charge in [-0.25, -0.2) is 14.4 Å². The lowest BCUT2D eigenvalue weighted by atomic mass is 9.94. The number of fused-ring (bicyclic) bond motifs is 1. The van der Waals surface area contributed by atoms with E-state index in [-0.39, 0.29) is 30.1 Å². The van der Waals surface area contributed by atoms with Gasteiger partial charge in [0.15, 0.2) is 0 Å². The van der Waals surface area contributed by atoms with E-state index in [0.717, 1.165) is 16.7 Å². The molecule has 0 fully saturated rings. The van der Waals surface area contributed by atoms with E-state index in [9.17, 15) is 9.18 Å². The van der Waals surface area contributed by atoms with Crippen molar-refractivity contribution in [3.05, 3.63) is 83.3 Å². The summed E-state index contributed by atoms with van der Waals surface area (Å²) in [6, 6.07) is 8.09. The van der Waals surface area contributed by atoms with Gasteiger partial charge in [0.1, 0.15) is 18.1 Å². The van der Waals surface area contributed by atoms with Crippen molar-refractivity contribution in [2.45, 2.75) is 25.9 Å². The Morgan fingerprint density at radius 2 is 2.07 bits per heavy atom. The van der Waals surface area contributed by atoms with Crippen LogP contribution in [-0.2, 0) is 13.0 Å². The van der Waals surface area contributed by atoms with Crippen LogP contribution >= 0.6 is 0 Å². The lowest BCUT2D eigenvalue weighted by molar-refractivity contribution is 0.0556. The number of rotatable bonds is 4. The minimum absolute atomic E-state index is 0.228. The number of benzene rings is 1. The predicted octanol–water partition coefficient (Wildman–Crippen LogP) is 2.97. The largest absolute Gasteiger partial charge is 0.475 e. The van der Waals surface area contributed by atoms with Crippen LogP contribution in [0.4, 0.5) is 4.39 Å². The summed E-state index contributed by atoms with van der Waals surface area (Å²) in [5.74, 6) is -0.0246. The first-order chi connectivity index (χ1) is 13.6. The molecule has 0 spiro atoms. The number of nitrogens with zero attached hydrogens (tertiary/aromatic N) is 4. The minimum atomic E-state index is -0.285. The highest BCUT2D eigenvalue weighted by molar-refractivity contribution is 5.92. The summed E-state index contributed by atoms with van der Waals surface area (Å²) in [5, 5.41) is 0. The third-order valence-corrected chi connectivity index (χ3v) is 4.76. The molecule has 0 saturated heterocycles. The van der Waals surface area contributed by atoms with E-state index in [0.29, 0.717) is 18.8 Å². The second-order valence-electron chi connectivity index (χ2n) is 6.78. The van der Waals surface area contributed by atoms with Crippen molar-refractivity contribution < 1.29 is 13.9 Å². The molecule has 1 aromatic carbocycles. The molecule has 142 valence electrons. The van der Waals surface area contributed by atoms with E-state index >= 15 is 0 Å². The van der Waals surface area contributed by atoms with Crippen molar-refractivity contribution in [1.29, 1.82) is 0 Å². The Labute approximate surface area is 162 Å². The first-order valence-corrected chi connectivity index (χ1v) is 9.00. The summed E-state index contributed by atoms with van der Waals surface area (Å²) in [5.41, 5.74) is 3.11. The fourth-order valence-electron chi connectivity index (χ4n) is 3.28. The number of aromatic nitrogens is 3. The molecule has 28 heavy (non-hydrogen) atoms. The molecule has 6 nitrogen and oxygen atoms in total. The van der Waals surface area contributed by atoms with Gasteiger partial charge in [-0.05, 0) is 42.2 Å². The Morgan fingerprint density at radius 1 is 1.18 bits per heavy atom. The van der Waals surface area contributed by atoms with Crippen LogP contribution in [0.1, 0.15) is 27.2 Å². The normalized spacial score (nSPS) is 15.8. The zero-order chi connectivity index (χ0) is 19.5. The zero-order valence-corrected chi connectivity index (χ0v) is 15.4. The molecule has 3 aromatic rings. The van der Waals surface area contributed by atoms with Crippen LogP contribution in [0, 0.1) is 12.7 Å². The molecule has 2 aromatic heterocycles. The van der Waals surface area contributed by atoms with Gasteiger partial charge < -0.3 is 9.64 Å². The van der Waals surface area contributed by atoms with Crippen molar-refractivity contribution in [3.63, 3.8) is 0 Å². The monoisotopic (exact) mass is 378 g/mol. The van der Waals surface area contributed by atoms with Gasteiger partial charge >= 0.3 is 0 Å². The maximum Gasteiger partial charge on any atom is 0.274 e. The molecule has 1 aliphatic rings. The molecule has 1 aliphatic heterocycles. The zero-order valence-electron chi connectivity index (χ0n) is 15.4. The van der Waals surface area contributed by atoms with Gasteiger partial charge in [-0.2, -0.15) is 0 Å². The highest BCUT2D eigenvalue weighted by Crippen LogP contribution is 2.26. The molecule has 0 N–H and O–H groups in total. The fraction of sp³-hybridized carbons (Fsp3) is 0.238. The van der Waals surface area contributed by atoms with Crippen LogP contribution in [0.5, 0.6) is 5.88 Å². The van der Waals surface area contributed by atoms with E-state index < -0.39 is 0 Å². The van der Waals surface area contributed by atoms with Gasteiger partial charge in [-0.1, -0.05) is 12.1 Å². The van der Waals surface area contributed by atoms with Crippen LogP contribution in [0.2, 0.25) is 0 Å². The quantitative estimate of drug-likeness (QED) is 0.698. The number of amides is 1. The molecule has 7 heteroatoms. The molecular weight excluding hydrogens is 359 g/mol. The van der Waals surface area contributed by atoms with Crippen LogP contribution in [-0.4, -0.2) is 38.4 Å². The SMILES string of the molecule is Cc1ccc(OCC2Cc3cc(F)ccc3CN2C(=O)c2cnccn2)nc1. The Kier molecular flexibility index (Phi) is 4.97. The smallest absolute Gasteiger partial charge is 0.274 e. The summed E-state index contributed by atoms with van der Waals surface area (Å²) < 4.78 is 19.5. The predicted molar refractivity (Wildman–Crippen MR) is 100 cm³/mol. The minimum Gasteiger partial charge on any atom is -0.475 e. The van der Waals surface area contributed by atoms with E-state index in [1.165, 1.54) is 30.7 Å². The molecule has 4 rings (SSSR count). The molecule has 3 heterocycles. The molecule has 1 unspecified atom stereocenters. The highest BCUT2D eigenvalue weighted by atomic mass is 19.1. The summed E-state index contributed by atoms with van der Waals surface area (Å²) in [6.07, 6.45) is 6.67. The number of ether oxygens (including phenoxy) is 1. The summed E-state index contributed by atoms with van der Waals surface area (Å²) >= 11 is 0. The van der Waals surface area contributed by atoms with Gasteiger partial charge in [-0.15, -0.1) is 0 Å². The Balaban J connectivity index is 1.59. The second-order valence-corrected chi connectivity index (χ2v) is 6.78. The number of aryl methyl sites for hydroxylation is 1. The van der Waals surface area contributed by atoms with E-state index in [4.69, 9.17) is 4.74 Å². The van der Waals surface area contributed by atoms with Crippen molar-refractivity contribution in [2.24, 2.45) is 0 Å². The number of hydrogen-bond acceptors (Lipinski definition) is 5. The van der Waals surface area contributed by atoms with Crippen LogP contribution in [0.15, 0.2) is 55.1 Å². The number of halogens is 1. The lowest BCUT2D eigenvalue weighted by Gasteiger charge is -2.36. The Hall–Kier alpha value is -3.35. The van der Waals surface area contributed by atoms with Crippen molar-refractivity contribution in [3.8, 4) is 5.88 Å². The number of carbonyl (C=O) groups is 1. The highest BCUT2D eigenvalue weighted by Gasteiger charge is 2.32. The van der Waals surface area contributed by atoms with Gasteiger partial charge in [0.2, 0.25) is 5.88 Å². The standard InChI is InChI=1S/C21H19FN4O2/c1-14-2-5-20(25-10-14)28-13-18-9-16-8-17(22)4-3-15(16)12-26(18)21(27)19-11-23-6-7-24-19/h2-8,10-11,18H,9,12-13H2,1H3. The van der Waals surface area contributed by atoms with Crippen molar-refractivity contribution in [1.82, 2.24) is 19.9 Å². The topological polar surface area (TPSA) is 68.2 Å². The van der Waals surface area contributed by atoms with Crippen LogP contribution in [0.3, 0.4) is 0 Å². The average molecular weight is 378 g/mol. The van der Waals surface area contributed by atoms with E-state index in [1.807, 2.05) is 13.0 Å². The lowest BCUT2D eigenvalue weighted by Crippen LogP contribution is -2.47. The summed E-state index contributed by atoms with van der Waals surface area (Å²) in [6.45, 7) is 2.56. The number of hydrogen-bond donors (Lipinski definition) is 0. The van der Waals surface area contributed by atoms with Crippen LogP contribution in [0.25, 0.3) is 0 Å². The Morgan fingerprint density at radius 3 is 2.82 bits per heavy atom. The number of carbonyl (C=O) groups excluding carboxylic acids is 1.